The largest absolute Gasteiger partial charge is 0.395 e. The molecule has 96 valence electrons. The van der Waals surface area contributed by atoms with Crippen molar-refractivity contribution in [3.63, 3.8) is 0 Å². The Hall–Kier alpha value is -1.61. The molecule has 0 aliphatic heterocycles. The summed E-state index contributed by atoms with van der Waals surface area (Å²) in [7, 11) is 0. The van der Waals surface area contributed by atoms with Gasteiger partial charge in [0.05, 0.1) is 6.61 Å². The van der Waals surface area contributed by atoms with E-state index in [1.807, 2.05) is 30.5 Å². The Morgan fingerprint density at radius 3 is 2.33 bits per heavy atom. The van der Waals surface area contributed by atoms with Gasteiger partial charge in [0.2, 0.25) is 0 Å². The number of aliphatic hydroxyl groups excluding tert-OH is 1. The Morgan fingerprint density at radius 1 is 1.17 bits per heavy atom. The van der Waals surface area contributed by atoms with Crippen molar-refractivity contribution < 1.29 is 5.11 Å². The highest BCUT2D eigenvalue weighted by Gasteiger charge is 2.19. The van der Waals surface area contributed by atoms with Crippen molar-refractivity contribution in [1.82, 2.24) is 4.57 Å². The van der Waals surface area contributed by atoms with Gasteiger partial charge in [0, 0.05) is 18.1 Å². The van der Waals surface area contributed by atoms with Crippen LogP contribution in [0.5, 0.6) is 0 Å². The van der Waals surface area contributed by atoms with Gasteiger partial charge in [-0.25, -0.2) is 0 Å². The van der Waals surface area contributed by atoms with E-state index in [1.54, 1.807) is 4.57 Å². The van der Waals surface area contributed by atoms with Crippen molar-refractivity contribution >= 4 is 10.8 Å². The van der Waals surface area contributed by atoms with Crippen LogP contribution in [-0.4, -0.2) is 16.3 Å². The van der Waals surface area contributed by atoms with Gasteiger partial charge in [-0.15, -0.1) is 0 Å². The van der Waals surface area contributed by atoms with Crippen LogP contribution in [0.3, 0.4) is 0 Å². The molecule has 2 aromatic rings. The summed E-state index contributed by atoms with van der Waals surface area (Å²) < 4.78 is 1.60. The van der Waals surface area contributed by atoms with Gasteiger partial charge in [0.25, 0.3) is 5.56 Å². The van der Waals surface area contributed by atoms with Gasteiger partial charge in [-0.05, 0) is 22.4 Å². The fourth-order valence-electron chi connectivity index (χ4n) is 2.21. The highest BCUT2D eigenvalue weighted by molar-refractivity contribution is 5.85. The van der Waals surface area contributed by atoms with E-state index in [0.29, 0.717) is 6.54 Å². The maximum atomic E-state index is 12.2. The molecule has 0 amide bonds. The monoisotopic (exact) mass is 245 g/mol. The first-order valence-electron chi connectivity index (χ1n) is 6.18. The summed E-state index contributed by atoms with van der Waals surface area (Å²) in [6.07, 6.45) is 1.88. The van der Waals surface area contributed by atoms with Gasteiger partial charge in [0.1, 0.15) is 0 Å². The SMILES string of the molecule is CC(C)(C)c1cn(CCO)c(=O)c2ccccc12. The molecular formula is C15H19NO2. The first-order valence-corrected chi connectivity index (χ1v) is 6.18. The van der Waals surface area contributed by atoms with Crippen LogP contribution in [0.4, 0.5) is 0 Å². The van der Waals surface area contributed by atoms with Crippen LogP contribution in [0.15, 0.2) is 35.3 Å². The second kappa shape index (κ2) is 4.58. The quantitative estimate of drug-likeness (QED) is 0.882. The van der Waals surface area contributed by atoms with E-state index in [4.69, 9.17) is 5.11 Å². The van der Waals surface area contributed by atoms with E-state index >= 15 is 0 Å². The lowest BCUT2D eigenvalue weighted by Crippen LogP contribution is -2.25. The molecule has 1 heterocycles. The average Bonchev–Trinajstić information content (AvgIpc) is 2.31. The molecule has 0 aliphatic rings. The zero-order chi connectivity index (χ0) is 13.3. The lowest BCUT2D eigenvalue weighted by atomic mass is 9.85. The minimum atomic E-state index is -0.0372. The first kappa shape index (κ1) is 12.8. The number of fused-ring (bicyclic) bond motifs is 1. The van der Waals surface area contributed by atoms with Crippen LogP contribution in [0.2, 0.25) is 0 Å². The Bertz CT molecular complexity index is 620. The topological polar surface area (TPSA) is 42.2 Å². The molecule has 1 aromatic carbocycles. The molecule has 0 fully saturated rings. The van der Waals surface area contributed by atoms with Crippen molar-refractivity contribution in [2.45, 2.75) is 32.7 Å². The molecule has 0 aliphatic carbocycles. The van der Waals surface area contributed by atoms with Crippen molar-refractivity contribution in [2.75, 3.05) is 6.61 Å². The normalized spacial score (nSPS) is 12.0. The van der Waals surface area contributed by atoms with Crippen LogP contribution in [0.1, 0.15) is 26.3 Å². The summed E-state index contributed by atoms with van der Waals surface area (Å²) in [6, 6.07) is 7.66. The van der Waals surface area contributed by atoms with Gasteiger partial charge >= 0.3 is 0 Å². The molecule has 0 saturated carbocycles. The molecule has 0 radical (unpaired) electrons. The summed E-state index contributed by atoms with van der Waals surface area (Å²) >= 11 is 0. The maximum absolute atomic E-state index is 12.2. The number of aliphatic hydroxyl groups is 1. The van der Waals surface area contributed by atoms with Gasteiger partial charge in [0.15, 0.2) is 0 Å². The van der Waals surface area contributed by atoms with E-state index in [0.717, 1.165) is 16.3 Å². The third kappa shape index (κ3) is 2.18. The second-order valence-electron chi connectivity index (χ2n) is 5.56. The number of pyridine rings is 1. The molecule has 1 aromatic heterocycles. The Labute approximate surface area is 107 Å². The number of hydrogen-bond donors (Lipinski definition) is 1. The molecule has 18 heavy (non-hydrogen) atoms. The summed E-state index contributed by atoms with van der Waals surface area (Å²) in [5, 5.41) is 10.8. The minimum absolute atomic E-state index is 0.0260. The molecule has 3 heteroatoms. The zero-order valence-corrected chi connectivity index (χ0v) is 11.1. The summed E-state index contributed by atoms with van der Waals surface area (Å²) in [5.74, 6) is 0. The highest BCUT2D eigenvalue weighted by atomic mass is 16.3. The van der Waals surface area contributed by atoms with Crippen molar-refractivity contribution in [3.8, 4) is 0 Å². The number of rotatable bonds is 2. The Kier molecular flexibility index (Phi) is 3.26. The Morgan fingerprint density at radius 2 is 1.78 bits per heavy atom. The van der Waals surface area contributed by atoms with E-state index in [2.05, 4.69) is 20.8 Å². The van der Waals surface area contributed by atoms with Crippen LogP contribution < -0.4 is 5.56 Å². The van der Waals surface area contributed by atoms with E-state index in [9.17, 15) is 4.79 Å². The molecule has 0 saturated heterocycles. The van der Waals surface area contributed by atoms with Crippen LogP contribution in [0, 0.1) is 0 Å². The fraction of sp³-hybridized carbons (Fsp3) is 0.400. The predicted molar refractivity (Wildman–Crippen MR) is 74.0 cm³/mol. The van der Waals surface area contributed by atoms with Gasteiger partial charge in [-0.2, -0.15) is 0 Å². The summed E-state index contributed by atoms with van der Waals surface area (Å²) in [6.45, 7) is 6.70. The van der Waals surface area contributed by atoms with Gasteiger partial charge in [-0.3, -0.25) is 4.79 Å². The number of benzene rings is 1. The maximum Gasteiger partial charge on any atom is 0.258 e. The predicted octanol–water partition coefficient (Wildman–Crippen LogP) is 2.29. The third-order valence-corrected chi connectivity index (χ3v) is 3.14. The lowest BCUT2D eigenvalue weighted by Gasteiger charge is -2.22. The molecule has 0 unspecified atom stereocenters. The molecule has 0 atom stereocenters. The van der Waals surface area contributed by atoms with Crippen LogP contribution >= 0.6 is 0 Å². The van der Waals surface area contributed by atoms with Crippen molar-refractivity contribution in [1.29, 1.82) is 0 Å². The smallest absolute Gasteiger partial charge is 0.258 e. The molecule has 1 N–H and O–H groups in total. The van der Waals surface area contributed by atoms with Gasteiger partial charge in [-0.1, -0.05) is 39.0 Å². The van der Waals surface area contributed by atoms with Crippen molar-refractivity contribution in [3.05, 3.63) is 46.4 Å². The number of aromatic nitrogens is 1. The third-order valence-electron chi connectivity index (χ3n) is 3.14. The Balaban J connectivity index is 2.85. The molecule has 0 bridgehead atoms. The molecule has 3 nitrogen and oxygen atoms in total. The average molecular weight is 245 g/mol. The second-order valence-corrected chi connectivity index (χ2v) is 5.56. The minimum Gasteiger partial charge on any atom is -0.395 e. The molecule has 2 rings (SSSR count). The van der Waals surface area contributed by atoms with E-state index < -0.39 is 0 Å². The summed E-state index contributed by atoms with van der Waals surface area (Å²) in [4.78, 5) is 12.2. The molecular weight excluding hydrogens is 226 g/mol. The van der Waals surface area contributed by atoms with E-state index in [-0.39, 0.29) is 17.6 Å². The molecule has 0 spiro atoms. The van der Waals surface area contributed by atoms with Crippen LogP contribution in [0.25, 0.3) is 10.8 Å². The van der Waals surface area contributed by atoms with Crippen LogP contribution in [-0.2, 0) is 12.0 Å². The first-order chi connectivity index (χ1) is 8.45. The van der Waals surface area contributed by atoms with Gasteiger partial charge < -0.3 is 9.67 Å². The number of nitrogens with zero attached hydrogens (tertiary/aromatic N) is 1. The summed E-state index contributed by atoms with van der Waals surface area (Å²) in [5.41, 5.74) is 1.06. The fourth-order valence-corrected chi connectivity index (χ4v) is 2.21. The lowest BCUT2D eigenvalue weighted by molar-refractivity contribution is 0.274. The number of hydrogen-bond acceptors (Lipinski definition) is 2. The van der Waals surface area contributed by atoms with E-state index in [1.165, 1.54) is 0 Å². The zero-order valence-electron chi connectivity index (χ0n) is 11.1. The highest BCUT2D eigenvalue weighted by Crippen LogP contribution is 2.28. The van der Waals surface area contributed by atoms with Crippen molar-refractivity contribution in [2.24, 2.45) is 0 Å². The standard InChI is InChI=1S/C15H19NO2/c1-15(2,3)13-10-16(8-9-17)14(18)12-7-5-4-6-11(12)13/h4-7,10,17H,8-9H2,1-3H3.